The third-order valence-electron chi connectivity index (χ3n) is 4.55. The van der Waals surface area contributed by atoms with Crippen LogP contribution in [0.15, 0.2) is 6.07 Å². The molecule has 0 saturated heterocycles. The number of phenolic OH excluding ortho intramolecular Hbond substituents is 1. The molecule has 2 nitrogen and oxygen atoms in total. The predicted octanol–water partition coefficient (Wildman–Crippen LogP) is 4.56. The Bertz CT molecular complexity index is 553. The van der Waals surface area contributed by atoms with Gasteiger partial charge in [0.2, 0.25) is 0 Å². The molecule has 1 aromatic carbocycles. The summed E-state index contributed by atoms with van der Waals surface area (Å²) in [6.45, 7) is 2.01. The van der Waals surface area contributed by atoms with E-state index in [2.05, 4.69) is 0 Å². The lowest BCUT2D eigenvalue weighted by Crippen LogP contribution is -2.30. The quantitative estimate of drug-likeness (QED) is 0.758. The summed E-state index contributed by atoms with van der Waals surface area (Å²) in [6, 6.07) is 1.63. The van der Waals surface area contributed by atoms with E-state index >= 15 is 0 Å². The number of rotatable bonds is 0. The van der Waals surface area contributed by atoms with Crippen molar-refractivity contribution in [3.8, 4) is 5.75 Å². The van der Waals surface area contributed by atoms with Gasteiger partial charge in [-0.15, -0.1) is 0 Å². The van der Waals surface area contributed by atoms with Crippen molar-refractivity contribution >= 4 is 29.0 Å². The van der Waals surface area contributed by atoms with Gasteiger partial charge in [0.05, 0.1) is 5.02 Å². The first-order valence-corrected chi connectivity index (χ1v) is 6.98. The van der Waals surface area contributed by atoms with Crippen molar-refractivity contribution in [2.75, 3.05) is 0 Å². The monoisotopic (exact) mass is 284 g/mol. The van der Waals surface area contributed by atoms with Crippen LogP contribution in [0.25, 0.3) is 0 Å². The zero-order chi connectivity index (χ0) is 13.1. The first kappa shape index (κ1) is 12.3. The van der Waals surface area contributed by atoms with E-state index in [0.29, 0.717) is 5.56 Å². The van der Waals surface area contributed by atoms with E-state index in [1.807, 2.05) is 6.92 Å². The molecular formula is C14H14Cl2O2. The van der Waals surface area contributed by atoms with Gasteiger partial charge in [-0.2, -0.15) is 0 Å². The Labute approximate surface area is 116 Å². The van der Waals surface area contributed by atoms with Crippen LogP contribution in [0, 0.1) is 5.41 Å². The van der Waals surface area contributed by atoms with Crippen LogP contribution in [0.5, 0.6) is 5.75 Å². The fraction of sp³-hybridized carbons (Fsp3) is 0.500. The van der Waals surface area contributed by atoms with E-state index in [4.69, 9.17) is 23.2 Å². The van der Waals surface area contributed by atoms with Gasteiger partial charge in [-0.3, -0.25) is 4.79 Å². The molecule has 2 aliphatic rings. The molecule has 0 bridgehead atoms. The Kier molecular flexibility index (Phi) is 2.65. The molecule has 0 aliphatic heterocycles. The second kappa shape index (κ2) is 3.88. The number of carbonyl (C=O) groups excluding carboxylic acids is 1. The van der Waals surface area contributed by atoms with E-state index in [9.17, 15) is 9.90 Å². The van der Waals surface area contributed by atoms with Crippen molar-refractivity contribution in [2.24, 2.45) is 5.41 Å². The van der Waals surface area contributed by atoms with Crippen LogP contribution in [0.4, 0.5) is 0 Å². The van der Waals surface area contributed by atoms with Crippen LogP contribution in [-0.4, -0.2) is 10.9 Å². The topological polar surface area (TPSA) is 37.3 Å². The third kappa shape index (κ3) is 1.39. The van der Waals surface area contributed by atoms with E-state index in [-0.39, 0.29) is 32.9 Å². The van der Waals surface area contributed by atoms with Crippen molar-refractivity contribution < 1.29 is 9.90 Å². The van der Waals surface area contributed by atoms with E-state index in [0.717, 1.165) is 31.2 Å². The summed E-state index contributed by atoms with van der Waals surface area (Å²) in [5.74, 6) is 0.242. The normalized spacial score (nSPS) is 30.2. The first-order chi connectivity index (χ1) is 8.47. The molecule has 4 heteroatoms. The largest absolute Gasteiger partial charge is 0.506 e. The Morgan fingerprint density at radius 1 is 1.33 bits per heavy atom. The lowest BCUT2D eigenvalue weighted by atomic mass is 9.68. The summed E-state index contributed by atoms with van der Waals surface area (Å²) >= 11 is 12.1. The standard InChI is InChI=1S/C14H14Cl2O2/c1-14-5-3-2-4-8(14)7-6-9(17)11(15)12(16)10(7)13(14)18/h6,8,17H,2-5H2,1H3/t8-,14-/m1/s1. The molecule has 1 aromatic rings. The fourth-order valence-corrected chi connectivity index (χ4v) is 3.97. The number of fused-ring (bicyclic) bond motifs is 3. The third-order valence-corrected chi connectivity index (χ3v) is 5.40. The number of phenols is 1. The van der Waals surface area contributed by atoms with Gasteiger partial charge in [0.25, 0.3) is 0 Å². The smallest absolute Gasteiger partial charge is 0.171 e. The summed E-state index contributed by atoms with van der Waals surface area (Å²) in [5.41, 5.74) is 1.06. The number of benzene rings is 1. The minimum atomic E-state index is -0.360. The number of ketones is 1. The van der Waals surface area contributed by atoms with Gasteiger partial charge in [0.15, 0.2) is 5.78 Å². The number of aromatic hydroxyl groups is 1. The number of halogens is 2. The minimum absolute atomic E-state index is 0.0250. The summed E-state index contributed by atoms with van der Waals surface area (Å²) in [5, 5.41) is 10.1. The molecular weight excluding hydrogens is 271 g/mol. The van der Waals surface area contributed by atoms with Gasteiger partial charge in [0.1, 0.15) is 10.8 Å². The van der Waals surface area contributed by atoms with Crippen LogP contribution in [0.3, 0.4) is 0 Å². The fourth-order valence-electron chi connectivity index (χ4n) is 3.53. The number of Topliss-reactive ketones (excluding diaryl/α,β-unsaturated/α-hetero) is 1. The van der Waals surface area contributed by atoms with Crippen molar-refractivity contribution in [3.05, 3.63) is 27.2 Å². The van der Waals surface area contributed by atoms with Crippen molar-refractivity contribution in [1.29, 1.82) is 0 Å². The Balaban J connectivity index is 2.27. The Morgan fingerprint density at radius 3 is 2.78 bits per heavy atom. The van der Waals surface area contributed by atoms with Crippen LogP contribution < -0.4 is 0 Å². The summed E-state index contributed by atoms with van der Waals surface area (Å²) < 4.78 is 0. The van der Waals surface area contributed by atoms with Gasteiger partial charge in [-0.1, -0.05) is 43.0 Å². The zero-order valence-electron chi connectivity index (χ0n) is 10.1. The highest BCUT2D eigenvalue weighted by atomic mass is 35.5. The zero-order valence-corrected chi connectivity index (χ0v) is 11.6. The average Bonchev–Trinajstić information content (AvgIpc) is 2.56. The van der Waals surface area contributed by atoms with Crippen molar-refractivity contribution in [3.63, 3.8) is 0 Å². The van der Waals surface area contributed by atoms with E-state index in [1.165, 1.54) is 0 Å². The molecule has 2 atom stereocenters. The number of hydrogen-bond donors (Lipinski definition) is 1. The molecule has 0 amide bonds. The number of carbonyl (C=O) groups is 1. The average molecular weight is 285 g/mol. The summed E-state index contributed by atoms with van der Waals surface area (Å²) in [7, 11) is 0. The van der Waals surface area contributed by atoms with Gasteiger partial charge in [-0.25, -0.2) is 0 Å². The molecule has 1 fully saturated rings. The molecule has 1 N–H and O–H groups in total. The lowest BCUT2D eigenvalue weighted by molar-refractivity contribution is 0.0748. The minimum Gasteiger partial charge on any atom is -0.506 e. The molecule has 18 heavy (non-hydrogen) atoms. The second-order valence-corrected chi connectivity index (χ2v) is 6.29. The molecule has 0 heterocycles. The molecule has 0 aromatic heterocycles. The van der Waals surface area contributed by atoms with Crippen LogP contribution in [-0.2, 0) is 0 Å². The van der Waals surface area contributed by atoms with Crippen LogP contribution in [0.1, 0.15) is 54.4 Å². The molecule has 3 rings (SSSR count). The molecule has 1 saturated carbocycles. The van der Waals surface area contributed by atoms with Gasteiger partial charge < -0.3 is 5.11 Å². The highest BCUT2D eigenvalue weighted by Crippen LogP contribution is 2.58. The van der Waals surface area contributed by atoms with E-state index < -0.39 is 0 Å². The maximum Gasteiger partial charge on any atom is 0.171 e. The molecule has 2 aliphatic carbocycles. The molecule has 0 unspecified atom stereocenters. The lowest BCUT2D eigenvalue weighted by Gasteiger charge is -2.34. The van der Waals surface area contributed by atoms with Crippen LogP contribution in [0.2, 0.25) is 10.0 Å². The van der Waals surface area contributed by atoms with Crippen molar-refractivity contribution in [1.82, 2.24) is 0 Å². The van der Waals surface area contributed by atoms with Gasteiger partial charge in [-0.05, 0) is 30.4 Å². The number of hydrogen-bond acceptors (Lipinski definition) is 2. The Hall–Kier alpha value is -0.730. The van der Waals surface area contributed by atoms with E-state index in [1.54, 1.807) is 6.07 Å². The predicted molar refractivity (Wildman–Crippen MR) is 71.8 cm³/mol. The van der Waals surface area contributed by atoms with Gasteiger partial charge >= 0.3 is 0 Å². The van der Waals surface area contributed by atoms with Gasteiger partial charge in [0, 0.05) is 11.0 Å². The van der Waals surface area contributed by atoms with Crippen molar-refractivity contribution in [2.45, 2.75) is 38.5 Å². The van der Waals surface area contributed by atoms with Crippen LogP contribution >= 0.6 is 23.2 Å². The summed E-state index contributed by atoms with van der Waals surface area (Å²) in [4.78, 5) is 12.6. The highest BCUT2D eigenvalue weighted by Gasteiger charge is 2.51. The molecule has 0 radical (unpaired) electrons. The first-order valence-electron chi connectivity index (χ1n) is 6.22. The summed E-state index contributed by atoms with van der Waals surface area (Å²) in [6.07, 6.45) is 4.06. The highest BCUT2D eigenvalue weighted by molar-refractivity contribution is 6.45. The maximum atomic E-state index is 12.6. The maximum absolute atomic E-state index is 12.6. The molecule has 96 valence electrons. The molecule has 0 spiro atoms. The second-order valence-electron chi connectivity index (χ2n) is 5.53. The Morgan fingerprint density at radius 2 is 2.06 bits per heavy atom. The SMILES string of the molecule is C[C@@]12CCCC[C@@H]1c1cc(O)c(Cl)c(Cl)c1C2=O.